The van der Waals surface area contributed by atoms with E-state index in [2.05, 4.69) is 17.1 Å². The second kappa shape index (κ2) is 6.36. The first kappa shape index (κ1) is 12.8. The third kappa shape index (κ3) is 3.68. The molecule has 0 spiro atoms. The fraction of sp³-hybridized carbons (Fsp3) is 0.923. The number of rotatable bonds is 3. The second-order valence-corrected chi connectivity index (χ2v) is 5.28. The molecule has 98 valence electrons. The highest BCUT2D eigenvalue weighted by molar-refractivity contribution is 5.76. The van der Waals surface area contributed by atoms with Gasteiger partial charge in [0.1, 0.15) is 0 Å². The van der Waals surface area contributed by atoms with Crippen molar-refractivity contribution in [2.45, 2.75) is 38.6 Å². The second-order valence-electron chi connectivity index (χ2n) is 5.28. The minimum atomic E-state index is 0.338. The van der Waals surface area contributed by atoms with E-state index in [1.165, 1.54) is 32.4 Å². The number of carbonyl (C=O) groups excluding carboxylic acids is 1. The van der Waals surface area contributed by atoms with Crippen LogP contribution in [0, 0.1) is 0 Å². The Morgan fingerprint density at radius 1 is 1.12 bits per heavy atom. The van der Waals surface area contributed by atoms with Crippen molar-refractivity contribution < 1.29 is 4.79 Å². The summed E-state index contributed by atoms with van der Waals surface area (Å²) in [6.45, 7) is 8.21. The lowest BCUT2D eigenvalue weighted by atomic mass is 10.1. The number of carbonyl (C=O) groups is 1. The molecule has 1 N–H and O–H groups in total. The van der Waals surface area contributed by atoms with E-state index in [0.29, 0.717) is 18.4 Å². The number of hydrogen-bond acceptors (Lipinski definition) is 3. The first-order valence-corrected chi connectivity index (χ1v) is 7.00. The minimum Gasteiger partial charge on any atom is -0.340 e. The molecular formula is C13H25N3O. The van der Waals surface area contributed by atoms with Gasteiger partial charge in [-0.25, -0.2) is 0 Å². The molecule has 4 heteroatoms. The van der Waals surface area contributed by atoms with Crippen LogP contribution in [0.5, 0.6) is 0 Å². The van der Waals surface area contributed by atoms with Crippen LogP contribution in [0.15, 0.2) is 0 Å². The lowest BCUT2D eigenvalue weighted by Gasteiger charge is -2.34. The molecule has 1 amide bonds. The maximum Gasteiger partial charge on any atom is 0.224 e. The molecule has 1 atom stereocenters. The summed E-state index contributed by atoms with van der Waals surface area (Å²) in [5, 5.41) is 3.28. The number of hydrogen-bond donors (Lipinski definition) is 1. The van der Waals surface area contributed by atoms with Gasteiger partial charge in [0, 0.05) is 38.6 Å². The molecule has 0 aromatic carbocycles. The van der Waals surface area contributed by atoms with Gasteiger partial charge in [-0.05, 0) is 32.9 Å². The Kier molecular flexibility index (Phi) is 4.80. The summed E-state index contributed by atoms with van der Waals surface area (Å²) in [6, 6.07) is 0.415. The van der Waals surface area contributed by atoms with Gasteiger partial charge >= 0.3 is 0 Å². The Labute approximate surface area is 104 Å². The summed E-state index contributed by atoms with van der Waals surface area (Å²) in [6.07, 6.45) is 4.65. The molecule has 2 heterocycles. The average Bonchev–Trinajstić information content (AvgIpc) is 2.40. The lowest BCUT2D eigenvalue weighted by Crippen LogP contribution is -2.48. The van der Waals surface area contributed by atoms with Gasteiger partial charge in [0.25, 0.3) is 0 Å². The Hall–Kier alpha value is -0.610. The van der Waals surface area contributed by atoms with Gasteiger partial charge in [-0.2, -0.15) is 0 Å². The van der Waals surface area contributed by atoms with Crippen LogP contribution in [-0.4, -0.2) is 61.0 Å². The first-order chi connectivity index (χ1) is 8.27. The summed E-state index contributed by atoms with van der Waals surface area (Å²) in [5.74, 6) is 0.338. The molecule has 0 radical (unpaired) electrons. The summed E-state index contributed by atoms with van der Waals surface area (Å²) in [4.78, 5) is 16.6. The van der Waals surface area contributed by atoms with Crippen molar-refractivity contribution in [2.24, 2.45) is 0 Å². The molecule has 4 nitrogen and oxygen atoms in total. The number of piperazine rings is 1. The molecular weight excluding hydrogens is 214 g/mol. The summed E-state index contributed by atoms with van der Waals surface area (Å²) in [7, 11) is 0. The van der Waals surface area contributed by atoms with E-state index in [1.807, 2.05) is 4.90 Å². The van der Waals surface area contributed by atoms with Gasteiger partial charge in [-0.15, -0.1) is 0 Å². The third-order valence-electron chi connectivity index (χ3n) is 3.95. The fourth-order valence-corrected chi connectivity index (χ4v) is 2.78. The first-order valence-electron chi connectivity index (χ1n) is 7.00. The lowest BCUT2D eigenvalue weighted by molar-refractivity contribution is -0.133. The molecule has 2 saturated heterocycles. The largest absolute Gasteiger partial charge is 0.340 e. The van der Waals surface area contributed by atoms with Gasteiger partial charge in [-0.3, -0.25) is 4.79 Å². The van der Waals surface area contributed by atoms with E-state index in [1.54, 1.807) is 0 Å². The monoisotopic (exact) mass is 239 g/mol. The van der Waals surface area contributed by atoms with Crippen LogP contribution in [0.3, 0.4) is 0 Å². The normalized spacial score (nSPS) is 24.6. The van der Waals surface area contributed by atoms with Crippen LogP contribution in [0.4, 0.5) is 0 Å². The van der Waals surface area contributed by atoms with Crippen molar-refractivity contribution in [2.75, 3.05) is 39.3 Å². The van der Waals surface area contributed by atoms with E-state index in [4.69, 9.17) is 0 Å². The molecule has 0 bridgehead atoms. The van der Waals surface area contributed by atoms with Crippen molar-refractivity contribution in [3.8, 4) is 0 Å². The molecule has 2 rings (SSSR count). The Balaban J connectivity index is 1.76. The molecule has 1 unspecified atom stereocenters. The van der Waals surface area contributed by atoms with Gasteiger partial charge in [0.15, 0.2) is 0 Å². The van der Waals surface area contributed by atoms with Crippen LogP contribution in [0.1, 0.15) is 32.6 Å². The Morgan fingerprint density at radius 2 is 1.76 bits per heavy atom. The zero-order valence-electron chi connectivity index (χ0n) is 11.0. The minimum absolute atomic E-state index is 0.338. The van der Waals surface area contributed by atoms with Crippen LogP contribution >= 0.6 is 0 Å². The molecule has 2 aliphatic rings. The van der Waals surface area contributed by atoms with Crippen LogP contribution in [-0.2, 0) is 4.79 Å². The van der Waals surface area contributed by atoms with E-state index in [-0.39, 0.29) is 0 Å². The van der Waals surface area contributed by atoms with Crippen LogP contribution in [0.25, 0.3) is 0 Å². The van der Waals surface area contributed by atoms with Crippen molar-refractivity contribution in [1.82, 2.24) is 15.1 Å². The van der Waals surface area contributed by atoms with E-state index < -0.39 is 0 Å². The highest BCUT2D eigenvalue weighted by atomic mass is 16.2. The van der Waals surface area contributed by atoms with Crippen molar-refractivity contribution in [1.29, 1.82) is 0 Å². The standard InChI is InChI=1S/C13H25N3O/c1-12(15-7-3-2-4-8-15)11-13(17)16-9-5-14-6-10-16/h12,14H,2-11H2,1H3. The summed E-state index contributed by atoms with van der Waals surface area (Å²) in [5.41, 5.74) is 0. The molecule has 0 aromatic heterocycles. The number of nitrogens with one attached hydrogen (secondary N) is 1. The summed E-state index contributed by atoms with van der Waals surface area (Å²) < 4.78 is 0. The predicted octanol–water partition coefficient (Wildman–Crippen LogP) is 0.683. The van der Waals surface area contributed by atoms with Crippen LogP contribution < -0.4 is 5.32 Å². The van der Waals surface area contributed by atoms with Gasteiger partial charge in [0.05, 0.1) is 0 Å². The zero-order valence-corrected chi connectivity index (χ0v) is 11.0. The molecule has 0 saturated carbocycles. The van der Waals surface area contributed by atoms with E-state index in [9.17, 15) is 4.79 Å². The molecule has 2 aliphatic heterocycles. The van der Waals surface area contributed by atoms with E-state index in [0.717, 1.165) is 26.2 Å². The Bertz CT molecular complexity index is 245. The van der Waals surface area contributed by atoms with Gasteiger partial charge < -0.3 is 15.1 Å². The number of piperidine rings is 1. The maximum absolute atomic E-state index is 12.1. The predicted molar refractivity (Wildman–Crippen MR) is 69.0 cm³/mol. The highest BCUT2D eigenvalue weighted by Gasteiger charge is 2.22. The smallest absolute Gasteiger partial charge is 0.224 e. The van der Waals surface area contributed by atoms with Crippen molar-refractivity contribution in [3.05, 3.63) is 0 Å². The maximum atomic E-state index is 12.1. The molecule has 0 aliphatic carbocycles. The van der Waals surface area contributed by atoms with E-state index >= 15 is 0 Å². The van der Waals surface area contributed by atoms with Crippen molar-refractivity contribution in [3.63, 3.8) is 0 Å². The van der Waals surface area contributed by atoms with Crippen molar-refractivity contribution >= 4 is 5.91 Å². The van der Waals surface area contributed by atoms with Gasteiger partial charge in [0.2, 0.25) is 5.91 Å². The Morgan fingerprint density at radius 3 is 2.41 bits per heavy atom. The summed E-state index contributed by atoms with van der Waals surface area (Å²) >= 11 is 0. The van der Waals surface area contributed by atoms with Gasteiger partial charge in [-0.1, -0.05) is 6.42 Å². The average molecular weight is 239 g/mol. The zero-order chi connectivity index (χ0) is 12.1. The number of amides is 1. The number of nitrogens with zero attached hydrogens (tertiary/aromatic N) is 2. The highest BCUT2D eigenvalue weighted by Crippen LogP contribution is 2.14. The molecule has 2 fully saturated rings. The fourth-order valence-electron chi connectivity index (χ4n) is 2.78. The quantitative estimate of drug-likeness (QED) is 0.787. The molecule has 17 heavy (non-hydrogen) atoms. The SMILES string of the molecule is CC(CC(=O)N1CCNCC1)N1CCCCC1. The number of likely N-dealkylation sites (tertiary alicyclic amines) is 1. The van der Waals surface area contributed by atoms with Crippen LogP contribution in [0.2, 0.25) is 0 Å². The topological polar surface area (TPSA) is 35.6 Å². The third-order valence-corrected chi connectivity index (χ3v) is 3.95. The molecule has 0 aromatic rings.